The number of aromatic nitrogens is 4. The molecule has 1 fully saturated rings. The van der Waals surface area contributed by atoms with E-state index in [0.717, 1.165) is 10.4 Å². The third kappa shape index (κ3) is 5.10. The lowest BCUT2D eigenvalue weighted by molar-refractivity contribution is -0.384. The van der Waals surface area contributed by atoms with Crippen LogP contribution >= 0.6 is 0 Å². The fourth-order valence-corrected chi connectivity index (χ4v) is 3.19. The summed E-state index contributed by atoms with van der Waals surface area (Å²) in [5.41, 5.74) is 4.14. The average Bonchev–Trinajstić information content (AvgIpc) is 3.28. The van der Waals surface area contributed by atoms with Crippen LogP contribution in [-0.2, 0) is 16.1 Å². The lowest BCUT2D eigenvalue weighted by Gasteiger charge is -2.28. The van der Waals surface area contributed by atoms with Crippen LogP contribution in [0.15, 0.2) is 53.6 Å². The van der Waals surface area contributed by atoms with Gasteiger partial charge < -0.3 is 9.64 Å². The number of anilines is 1. The Labute approximate surface area is 182 Å². The minimum atomic E-state index is -0.460. The number of nitrogens with one attached hydrogen (secondary N) is 1. The lowest BCUT2D eigenvalue weighted by Crippen LogP contribution is -2.36. The van der Waals surface area contributed by atoms with Gasteiger partial charge in [-0.1, -0.05) is 36.4 Å². The van der Waals surface area contributed by atoms with Gasteiger partial charge in [0.2, 0.25) is 5.82 Å². The Morgan fingerprint density at radius 3 is 2.75 bits per heavy atom. The maximum absolute atomic E-state index is 12.1. The standard InChI is InChI=1S/C20H20N8O4/c29-19(14-27-24-20(23-25-27)16-4-2-1-3-5-16)22-21-13-15-6-7-17(18(12-15)28(30)31)26-8-10-32-11-9-26/h1-7,12-13H,8-11,14H2,(H,22,29)/b21-13-. The largest absolute Gasteiger partial charge is 0.378 e. The highest BCUT2D eigenvalue weighted by Crippen LogP contribution is 2.29. The number of tetrazole rings is 1. The van der Waals surface area contributed by atoms with Gasteiger partial charge >= 0.3 is 0 Å². The van der Waals surface area contributed by atoms with E-state index >= 15 is 0 Å². The molecule has 3 aromatic rings. The summed E-state index contributed by atoms with van der Waals surface area (Å²) >= 11 is 0. The first-order valence-electron chi connectivity index (χ1n) is 9.86. The molecule has 4 rings (SSSR count). The molecule has 1 amide bonds. The highest BCUT2D eigenvalue weighted by molar-refractivity contribution is 5.84. The second-order valence-corrected chi connectivity index (χ2v) is 6.91. The normalized spacial score (nSPS) is 13.9. The van der Waals surface area contributed by atoms with E-state index in [0.29, 0.717) is 43.4 Å². The van der Waals surface area contributed by atoms with Gasteiger partial charge in [0, 0.05) is 30.3 Å². The Morgan fingerprint density at radius 1 is 1.22 bits per heavy atom. The summed E-state index contributed by atoms with van der Waals surface area (Å²) in [6.45, 7) is 2.06. The molecule has 1 aliphatic heterocycles. The number of nitro groups is 1. The Bertz CT molecular complexity index is 1130. The van der Waals surface area contributed by atoms with Crippen molar-refractivity contribution in [2.75, 3.05) is 31.2 Å². The van der Waals surface area contributed by atoms with Crippen molar-refractivity contribution in [3.05, 3.63) is 64.2 Å². The molecule has 0 saturated carbocycles. The number of nitro benzene ring substituents is 1. The molecule has 2 aromatic carbocycles. The van der Waals surface area contributed by atoms with Crippen LogP contribution in [0.5, 0.6) is 0 Å². The van der Waals surface area contributed by atoms with Crippen LogP contribution in [0.4, 0.5) is 11.4 Å². The van der Waals surface area contributed by atoms with Crippen molar-refractivity contribution < 1.29 is 14.5 Å². The van der Waals surface area contributed by atoms with Crippen LogP contribution in [0.1, 0.15) is 5.56 Å². The van der Waals surface area contributed by atoms with Crippen LogP contribution in [0.3, 0.4) is 0 Å². The van der Waals surface area contributed by atoms with Crippen molar-refractivity contribution in [1.29, 1.82) is 0 Å². The monoisotopic (exact) mass is 436 g/mol. The predicted molar refractivity (Wildman–Crippen MR) is 115 cm³/mol. The summed E-state index contributed by atoms with van der Waals surface area (Å²) in [5.74, 6) is -0.0488. The van der Waals surface area contributed by atoms with Gasteiger partial charge in [0.1, 0.15) is 12.2 Å². The van der Waals surface area contributed by atoms with Crippen molar-refractivity contribution in [3.8, 4) is 11.4 Å². The topological polar surface area (TPSA) is 141 Å². The number of hydrazone groups is 1. The number of rotatable bonds is 7. The molecule has 2 heterocycles. The van der Waals surface area contributed by atoms with E-state index in [2.05, 4.69) is 25.9 Å². The van der Waals surface area contributed by atoms with Crippen molar-refractivity contribution in [1.82, 2.24) is 25.6 Å². The zero-order valence-electron chi connectivity index (χ0n) is 17.0. The number of nitrogens with zero attached hydrogens (tertiary/aromatic N) is 7. The zero-order chi connectivity index (χ0) is 22.3. The quantitative estimate of drug-likeness (QED) is 0.331. The second-order valence-electron chi connectivity index (χ2n) is 6.91. The van der Waals surface area contributed by atoms with Crippen molar-refractivity contribution >= 4 is 23.5 Å². The van der Waals surface area contributed by atoms with E-state index in [1.54, 1.807) is 12.1 Å². The maximum Gasteiger partial charge on any atom is 0.293 e. The van der Waals surface area contributed by atoms with Gasteiger partial charge in [-0.25, -0.2) is 5.43 Å². The van der Waals surface area contributed by atoms with Gasteiger partial charge in [0.05, 0.1) is 24.4 Å². The number of hydrogen-bond donors (Lipinski definition) is 1. The van der Waals surface area contributed by atoms with Gasteiger partial charge in [0.15, 0.2) is 0 Å². The Morgan fingerprint density at radius 2 is 2.00 bits per heavy atom. The lowest BCUT2D eigenvalue weighted by atomic mass is 10.1. The van der Waals surface area contributed by atoms with Crippen LogP contribution in [-0.4, -0.2) is 63.6 Å². The molecule has 1 aromatic heterocycles. The molecule has 0 atom stereocenters. The molecule has 32 heavy (non-hydrogen) atoms. The van der Waals surface area contributed by atoms with Gasteiger partial charge in [-0.3, -0.25) is 14.9 Å². The highest BCUT2D eigenvalue weighted by atomic mass is 16.6. The number of hydrogen-bond acceptors (Lipinski definition) is 9. The van der Waals surface area contributed by atoms with Gasteiger partial charge in [-0.2, -0.15) is 9.90 Å². The molecule has 12 nitrogen and oxygen atoms in total. The highest BCUT2D eigenvalue weighted by Gasteiger charge is 2.21. The number of benzene rings is 2. The predicted octanol–water partition coefficient (Wildman–Crippen LogP) is 1.24. The van der Waals surface area contributed by atoms with E-state index in [1.165, 1.54) is 12.3 Å². The van der Waals surface area contributed by atoms with Gasteiger partial charge in [-0.15, -0.1) is 10.2 Å². The minimum absolute atomic E-state index is 0.0255. The molecule has 1 saturated heterocycles. The minimum Gasteiger partial charge on any atom is -0.378 e. The van der Waals surface area contributed by atoms with Gasteiger partial charge in [0.25, 0.3) is 11.6 Å². The van der Waals surface area contributed by atoms with E-state index in [4.69, 9.17) is 4.74 Å². The van der Waals surface area contributed by atoms with Crippen LogP contribution < -0.4 is 10.3 Å². The Balaban J connectivity index is 1.37. The average molecular weight is 436 g/mol. The molecular formula is C20H20N8O4. The van der Waals surface area contributed by atoms with Crippen LogP contribution in [0.25, 0.3) is 11.4 Å². The number of morpholine rings is 1. The Hall–Kier alpha value is -4.19. The smallest absolute Gasteiger partial charge is 0.293 e. The zero-order valence-corrected chi connectivity index (χ0v) is 17.0. The molecule has 12 heteroatoms. The number of amides is 1. The summed E-state index contributed by atoms with van der Waals surface area (Å²) in [5, 5.41) is 27.3. The summed E-state index contributed by atoms with van der Waals surface area (Å²) in [6.07, 6.45) is 1.35. The first kappa shape index (κ1) is 21.1. The van der Waals surface area contributed by atoms with E-state index in [-0.39, 0.29) is 12.2 Å². The van der Waals surface area contributed by atoms with Gasteiger partial charge in [-0.05, 0) is 11.3 Å². The number of ether oxygens (including phenoxy) is 1. The van der Waals surface area contributed by atoms with Crippen LogP contribution in [0, 0.1) is 10.1 Å². The molecule has 0 unspecified atom stereocenters. The van der Waals surface area contributed by atoms with Crippen molar-refractivity contribution in [2.24, 2.45) is 5.10 Å². The molecule has 164 valence electrons. The number of carbonyl (C=O) groups is 1. The fourth-order valence-electron chi connectivity index (χ4n) is 3.19. The third-order valence-electron chi connectivity index (χ3n) is 4.72. The second kappa shape index (κ2) is 9.75. The van der Waals surface area contributed by atoms with Crippen LogP contribution in [0.2, 0.25) is 0 Å². The van der Waals surface area contributed by atoms with Crippen molar-refractivity contribution in [3.63, 3.8) is 0 Å². The summed E-state index contributed by atoms with van der Waals surface area (Å²) < 4.78 is 5.30. The maximum atomic E-state index is 12.1. The first-order valence-corrected chi connectivity index (χ1v) is 9.86. The summed E-state index contributed by atoms with van der Waals surface area (Å²) in [7, 11) is 0. The molecule has 0 radical (unpaired) electrons. The molecule has 1 N–H and O–H groups in total. The van der Waals surface area contributed by atoms with E-state index in [1.807, 2.05) is 35.2 Å². The van der Waals surface area contributed by atoms with E-state index in [9.17, 15) is 14.9 Å². The summed E-state index contributed by atoms with van der Waals surface area (Å²) in [4.78, 5) is 26.3. The molecule has 0 aliphatic carbocycles. The fraction of sp³-hybridized carbons (Fsp3) is 0.250. The Kier molecular flexibility index (Phi) is 6.41. The molecule has 0 bridgehead atoms. The third-order valence-corrected chi connectivity index (χ3v) is 4.72. The van der Waals surface area contributed by atoms with Crippen molar-refractivity contribution in [2.45, 2.75) is 6.54 Å². The summed E-state index contributed by atoms with van der Waals surface area (Å²) in [6, 6.07) is 14.1. The SMILES string of the molecule is O=C(Cn1nnc(-c2ccccc2)n1)N/N=C\c1ccc(N2CCOCC2)c([N+](=O)[O-])c1. The first-order chi connectivity index (χ1) is 15.6. The number of carbonyl (C=O) groups excluding carboxylic acids is 1. The molecular weight excluding hydrogens is 416 g/mol. The van der Waals surface area contributed by atoms with E-state index < -0.39 is 10.8 Å². The molecule has 1 aliphatic rings. The molecule has 0 spiro atoms.